The molecule has 0 radical (unpaired) electrons. The zero-order valence-electron chi connectivity index (χ0n) is 15.0. The fourth-order valence-electron chi connectivity index (χ4n) is 2.26. The van der Waals surface area contributed by atoms with Crippen LogP contribution >= 0.6 is 0 Å². The number of carbonyl (C=O) groups excluding carboxylic acids is 1. The fourth-order valence-corrected chi connectivity index (χ4v) is 2.26. The van der Waals surface area contributed by atoms with E-state index in [2.05, 4.69) is 20.7 Å². The maximum Gasteiger partial charge on any atom is 0.410 e. The highest BCUT2D eigenvalue weighted by Gasteiger charge is 2.34. The molecule has 2 heterocycles. The molecule has 0 spiro atoms. The zero-order chi connectivity index (χ0) is 17.6. The number of amides is 1. The predicted octanol–water partition coefficient (Wildman–Crippen LogP) is 1.06. The van der Waals surface area contributed by atoms with Crippen molar-refractivity contribution >= 4 is 12.1 Å². The van der Waals surface area contributed by atoms with E-state index >= 15 is 0 Å². The number of hydrogen-bond donors (Lipinski definition) is 2. The summed E-state index contributed by atoms with van der Waals surface area (Å²) in [6.07, 6.45) is 3.41. The molecule has 0 aliphatic carbocycles. The van der Waals surface area contributed by atoms with Gasteiger partial charge in [-0.1, -0.05) is 0 Å². The first-order valence-corrected chi connectivity index (χ1v) is 8.37. The van der Waals surface area contributed by atoms with Gasteiger partial charge in [-0.25, -0.2) is 4.79 Å². The van der Waals surface area contributed by atoms with Crippen LogP contribution in [-0.4, -0.2) is 64.6 Å². The van der Waals surface area contributed by atoms with Crippen LogP contribution in [0.2, 0.25) is 0 Å². The van der Waals surface area contributed by atoms with Gasteiger partial charge in [-0.15, -0.1) is 0 Å². The molecule has 0 saturated carbocycles. The van der Waals surface area contributed by atoms with E-state index < -0.39 is 5.60 Å². The van der Waals surface area contributed by atoms with E-state index in [9.17, 15) is 4.79 Å². The third-order valence-electron chi connectivity index (χ3n) is 3.38. The van der Waals surface area contributed by atoms with Gasteiger partial charge in [0.2, 0.25) is 0 Å². The summed E-state index contributed by atoms with van der Waals surface area (Å²) >= 11 is 0. The summed E-state index contributed by atoms with van der Waals surface area (Å²) in [5, 5.41) is 10.7. The van der Waals surface area contributed by atoms with Gasteiger partial charge in [0, 0.05) is 32.0 Å². The smallest absolute Gasteiger partial charge is 0.410 e. The lowest BCUT2D eigenvalue weighted by Crippen LogP contribution is -2.63. The summed E-state index contributed by atoms with van der Waals surface area (Å²) < 4.78 is 7.20. The molecular weight excluding hydrogens is 308 g/mol. The van der Waals surface area contributed by atoms with E-state index in [1.54, 1.807) is 11.1 Å². The van der Waals surface area contributed by atoms with Gasteiger partial charge in [0.15, 0.2) is 5.96 Å². The van der Waals surface area contributed by atoms with Crippen molar-refractivity contribution in [2.75, 3.05) is 26.2 Å². The first-order valence-electron chi connectivity index (χ1n) is 8.37. The molecule has 2 rings (SSSR count). The third kappa shape index (κ3) is 5.75. The minimum Gasteiger partial charge on any atom is -0.444 e. The molecule has 1 aromatic heterocycles. The number of nitrogens with one attached hydrogen (secondary N) is 2. The SMILES string of the molecule is CCNC(=NCCn1cccn1)NC1CN(C(=O)OC(C)(C)C)C1. The summed E-state index contributed by atoms with van der Waals surface area (Å²) in [5.41, 5.74) is -0.460. The van der Waals surface area contributed by atoms with E-state index in [0.29, 0.717) is 19.6 Å². The van der Waals surface area contributed by atoms with Gasteiger partial charge >= 0.3 is 6.09 Å². The molecule has 0 aromatic carbocycles. The Labute approximate surface area is 143 Å². The van der Waals surface area contributed by atoms with Gasteiger partial charge in [-0.3, -0.25) is 9.67 Å². The number of aromatic nitrogens is 2. The standard InChI is InChI=1S/C16H28N6O2/c1-5-17-14(18-8-10-22-9-6-7-19-22)20-13-11-21(12-13)15(23)24-16(2,3)4/h6-7,9,13H,5,8,10-12H2,1-4H3,(H2,17,18,20). The molecule has 1 fully saturated rings. The first-order chi connectivity index (χ1) is 11.4. The lowest BCUT2D eigenvalue weighted by molar-refractivity contribution is 0.00701. The van der Waals surface area contributed by atoms with Crippen LogP contribution in [0.25, 0.3) is 0 Å². The van der Waals surface area contributed by atoms with Gasteiger partial charge in [0.05, 0.1) is 19.1 Å². The summed E-state index contributed by atoms with van der Waals surface area (Å²) in [7, 11) is 0. The van der Waals surface area contributed by atoms with E-state index in [0.717, 1.165) is 19.0 Å². The lowest BCUT2D eigenvalue weighted by Gasteiger charge is -2.40. The number of carbonyl (C=O) groups is 1. The molecule has 1 aromatic rings. The van der Waals surface area contributed by atoms with Crippen molar-refractivity contribution in [1.82, 2.24) is 25.3 Å². The monoisotopic (exact) mass is 336 g/mol. The van der Waals surface area contributed by atoms with Crippen LogP contribution in [0.3, 0.4) is 0 Å². The van der Waals surface area contributed by atoms with Crippen LogP contribution < -0.4 is 10.6 Å². The Morgan fingerprint density at radius 2 is 2.17 bits per heavy atom. The maximum absolute atomic E-state index is 11.9. The van der Waals surface area contributed by atoms with Crippen LogP contribution in [0.4, 0.5) is 4.79 Å². The normalized spacial score (nSPS) is 15.8. The molecule has 1 saturated heterocycles. The van der Waals surface area contributed by atoms with Crippen molar-refractivity contribution in [3.63, 3.8) is 0 Å². The molecule has 24 heavy (non-hydrogen) atoms. The summed E-state index contributed by atoms with van der Waals surface area (Å²) in [6.45, 7) is 11.0. The molecule has 8 nitrogen and oxygen atoms in total. The minimum absolute atomic E-state index is 0.194. The summed E-state index contributed by atoms with van der Waals surface area (Å²) in [4.78, 5) is 18.2. The Kier molecular flexibility index (Phi) is 6.05. The average Bonchev–Trinajstić information content (AvgIpc) is 2.93. The number of guanidine groups is 1. The topological polar surface area (TPSA) is 83.8 Å². The average molecular weight is 336 g/mol. The molecule has 0 atom stereocenters. The molecule has 0 unspecified atom stereocenters. The van der Waals surface area contributed by atoms with Crippen molar-refractivity contribution < 1.29 is 9.53 Å². The Bertz CT molecular complexity index is 543. The van der Waals surface area contributed by atoms with Crippen LogP contribution in [0.15, 0.2) is 23.5 Å². The highest BCUT2D eigenvalue weighted by atomic mass is 16.6. The minimum atomic E-state index is -0.460. The second kappa shape index (κ2) is 8.03. The summed E-state index contributed by atoms with van der Waals surface area (Å²) in [5.74, 6) is 0.762. The number of rotatable bonds is 5. The molecule has 2 N–H and O–H groups in total. The van der Waals surface area contributed by atoms with E-state index in [1.807, 2.05) is 44.6 Å². The van der Waals surface area contributed by atoms with Crippen molar-refractivity contribution in [2.45, 2.75) is 45.9 Å². The van der Waals surface area contributed by atoms with Gasteiger partial charge in [-0.05, 0) is 33.8 Å². The molecular formula is C16H28N6O2. The van der Waals surface area contributed by atoms with Gasteiger partial charge < -0.3 is 20.3 Å². The second-order valence-corrected chi connectivity index (χ2v) is 6.76. The lowest BCUT2D eigenvalue weighted by atomic mass is 10.1. The number of nitrogens with zero attached hydrogens (tertiary/aromatic N) is 4. The van der Waals surface area contributed by atoms with Crippen molar-refractivity contribution in [3.8, 4) is 0 Å². The fraction of sp³-hybridized carbons (Fsp3) is 0.688. The maximum atomic E-state index is 11.9. The van der Waals surface area contributed by atoms with Gasteiger partial charge in [0.25, 0.3) is 0 Å². The van der Waals surface area contributed by atoms with Crippen molar-refractivity contribution in [3.05, 3.63) is 18.5 Å². The predicted molar refractivity (Wildman–Crippen MR) is 92.9 cm³/mol. The highest BCUT2D eigenvalue weighted by Crippen LogP contribution is 2.15. The van der Waals surface area contributed by atoms with Crippen LogP contribution in [0, 0.1) is 0 Å². The Hall–Kier alpha value is -2.25. The number of aliphatic imine (C=N–C) groups is 1. The second-order valence-electron chi connectivity index (χ2n) is 6.76. The molecule has 1 aliphatic heterocycles. The van der Waals surface area contributed by atoms with Crippen molar-refractivity contribution in [2.24, 2.45) is 4.99 Å². The molecule has 1 amide bonds. The van der Waals surface area contributed by atoms with Crippen LogP contribution in [-0.2, 0) is 11.3 Å². The largest absolute Gasteiger partial charge is 0.444 e. The Morgan fingerprint density at radius 3 is 2.75 bits per heavy atom. The van der Waals surface area contributed by atoms with Gasteiger partial charge in [-0.2, -0.15) is 5.10 Å². The number of ether oxygens (including phenoxy) is 1. The molecule has 0 bridgehead atoms. The van der Waals surface area contributed by atoms with Gasteiger partial charge in [0.1, 0.15) is 5.60 Å². The van der Waals surface area contributed by atoms with E-state index in [4.69, 9.17) is 4.74 Å². The Balaban J connectivity index is 1.75. The van der Waals surface area contributed by atoms with E-state index in [-0.39, 0.29) is 12.1 Å². The molecule has 134 valence electrons. The summed E-state index contributed by atoms with van der Waals surface area (Å²) in [6, 6.07) is 2.09. The zero-order valence-corrected chi connectivity index (χ0v) is 15.0. The molecule has 8 heteroatoms. The van der Waals surface area contributed by atoms with Crippen molar-refractivity contribution in [1.29, 1.82) is 0 Å². The highest BCUT2D eigenvalue weighted by molar-refractivity contribution is 5.80. The number of likely N-dealkylation sites (tertiary alicyclic amines) is 1. The third-order valence-corrected chi connectivity index (χ3v) is 3.38. The molecule has 1 aliphatic rings. The first kappa shape index (κ1) is 18.1. The van der Waals surface area contributed by atoms with Crippen LogP contribution in [0.1, 0.15) is 27.7 Å². The van der Waals surface area contributed by atoms with E-state index in [1.165, 1.54) is 0 Å². The van der Waals surface area contributed by atoms with Crippen LogP contribution in [0.5, 0.6) is 0 Å². The Morgan fingerprint density at radius 1 is 1.42 bits per heavy atom. The number of hydrogen-bond acceptors (Lipinski definition) is 4. The quantitative estimate of drug-likeness (QED) is 0.620.